The van der Waals surface area contributed by atoms with E-state index < -0.39 is 11.9 Å². The first-order chi connectivity index (χ1) is 10.5. The van der Waals surface area contributed by atoms with Gasteiger partial charge in [0.05, 0.1) is 18.1 Å². The number of carbonyl (C=O) groups is 3. The number of nitrogens with zero attached hydrogens (tertiary/aromatic N) is 2. The molecule has 118 valence electrons. The van der Waals surface area contributed by atoms with Crippen molar-refractivity contribution in [3.63, 3.8) is 0 Å². The van der Waals surface area contributed by atoms with Crippen LogP contribution in [0.5, 0.6) is 0 Å². The Labute approximate surface area is 127 Å². The zero-order valence-electron chi connectivity index (χ0n) is 12.3. The van der Waals surface area contributed by atoms with Gasteiger partial charge in [-0.05, 0) is 31.9 Å². The van der Waals surface area contributed by atoms with Gasteiger partial charge >= 0.3 is 11.9 Å². The van der Waals surface area contributed by atoms with Gasteiger partial charge in [-0.3, -0.25) is 14.6 Å². The molecule has 2 heterocycles. The Morgan fingerprint density at radius 2 is 2.23 bits per heavy atom. The Kier molecular flexibility index (Phi) is 5.08. The van der Waals surface area contributed by atoms with Crippen molar-refractivity contribution in [3.8, 4) is 0 Å². The van der Waals surface area contributed by atoms with Gasteiger partial charge in [0.2, 0.25) is 0 Å². The Morgan fingerprint density at radius 3 is 2.91 bits per heavy atom. The molecular weight excluding hydrogens is 288 g/mol. The van der Waals surface area contributed by atoms with E-state index in [4.69, 9.17) is 9.84 Å². The third-order valence-corrected chi connectivity index (χ3v) is 3.57. The molecule has 0 spiro atoms. The molecule has 7 nitrogen and oxygen atoms in total. The van der Waals surface area contributed by atoms with Crippen molar-refractivity contribution in [1.82, 2.24) is 9.88 Å². The number of carboxylic acid groups (broad SMARTS) is 1. The van der Waals surface area contributed by atoms with E-state index in [9.17, 15) is 14.4 Å². The topological polar surface area (TPSA) is 96.8 Å². The van der Waals surface area contributed by atoms with E-state index in [2.05, 4.69) is 4.98 Å². The first-order valence-electron chi connectivity index (χ1n) is 7.18. The standard InChI is InChI=1S/C15H18N2O5/c1-2-22-15(21)10-5-4-8-17(9-10)13(18)12-11(14(19)20)6-3-7-16-12/h3,6-7,10H,2,4-5,8-9H2,1H3,(H,19,20). The van der Waals surface area contributed by atoms with Crippen LogP contribution in [0.3, 0.4) is 0 Å². The fraction of sp³-hybridized carbons (Fsp3) is 0.467. The maximum Gasteiger partial charge on any atom is 0.338 e. The molecule has 1 aromatic rings. The van der Waals surface area contributed by atoms with Crippen LogP contribution in [0.15, 0.2) is 18.3 Å². The Balaban J connectivity index is 2.16. The highest BCUT2D eigenvalue weighted by molar-refractivity contribution is 6.03. The molecule has 1 unspecified atom stereocenters. The average molecular weight is 306 g/mol. The lowest BCUT2D eigenvalue weighted by Crippen LogP contribution is -2.43. The molecule has 0 saturated carbocycles. The highest BCUT2D eigenvalue weighted by Gasteiger charge is 2.31. The Bertz CT molecular complexity index is 587. The average Bonchev–Trinajstić information content (AvgIpc) is 2.54. The second-order valence-electron chi connectivity index (χ2n) is 5.05. The monoisotopic (exact) mass is 306 g/mol. The summed E-state index contributed by atoms with van der Waals surface area (Å²) in [5.74, 6) is -2.35. The van der Waals surface area contributed by atoms with Crippen LogP contribution in [0.4, 0.5) is 0 Å². The molecule has 1 N–H and O–H groups in total. The summed E-state index contributed by atoms with van der Waals surface area (Å²) >= 11 is 0. The fourth-order valence-corrected chi connectivity index (χ4v) is 2.51. The van der Waals surface area contributed by atoms with Crippen LogP contribution in [0.1, 0.15) is 40.6 Å². The molecule has 7 heteroatoms. The van der Waals surface area contributed by atoms with E-state index in [1.165, 1.54) is 23.2 Å². The molecule has 2 rings (SSSR count). The van der Waals surface area contributed by atoms with Crippen molar-refractivity contribution in [2.45, 2.75) is 19.8 Å². The summed E-state index contributed by atoms with van der Waals surface area (Å²) in [4.78, 5) is 40.9. The molecule has 1 atom stereocenters. The van der Waals surface area contributed by atoms with Gasteiger partial charge in [0.1, 0.15) is 5.69 Å². The molecule has 1 amide bonds. The normalized spacial score (nSPS) is 17.9. The lowest BCUT2D eigenvalue weighted by atomic mass is 9.97. The van der Waals surface area contributed by atoms with E-state index in [1.54, 1.807) is 6.92 Å². The number of piperidine rings is 1. The summed E-state index contributed by atoms with van der Waals surface area (Å²) in [6.45, 7) is 2.74. The van der Waals surface area contributed by atoms with Gasteiger partial charge in [0.15, 0.2) is 0 Å². The molecule has 1 aliphatic rings. The predicted molar refractivity (Wildman–Crippen MR) is 76.5 cm³/mol. The van der Waals surface area contributed by atoms with Crippen LogP contribution >= 0.6 is 0 Å². The van der Waals surface area contributed by atoms with Gasteiger partial charge in [0.25, 0.3) is 5.91 Å². The van der Waals surface area contributed by atoms with Gasteiger partial charge in [-0.25, -0.2) is 4.79 Å². The number of aromatic nitrogens is 1. The maximum absolute atomic E-state index is 12.5. The number of rotatable bonds is 4. The number of carbonyl (C=O) groups excluding carboxylic acids is 2. The first kappa shape index (κ1) is 15.9. The van der Waals surface area contributed by atoms with Crippen molar-refractivity contribution in [2.75, 3.05) is 19.7 Å². The summed E-state index contributed by atoms with van der Waals surface area (Å²) in [5, 5.41) is 9.14. The van der Waals surface area contributed by atoms with Crippen LogP contribution in [0, 0.1) is 5.92 Å². The lowest BCUT2D eigenvalue weighted by molar-refractivity contribution is -0.149. The maximum atomic E-state index is 12.5. The molecule has 0 bridgehead atoms. The number of hydrogen-bond donors (Lipinski definition) is 1. The number of hydrogen-bond acceptors (Lipinski definition) is 5. The summed E-state index contributed by atoms with van der Waals surface area (Å²) in [6.07, 6.45) is 2.72. The quantitative estimate of drug-likeness (QED) is 0.839. The summed E-state index contributed by atoms with van der Waals surface area (Å²) < 4.78 is 4.99. The minimum atomic E-state index is -1.20. The molecule has 1 aromatic heterocycles. The summed E-state index contributed by atoms with van der Waals surface area (Å²) in [6, 6.07) is 2.81. The van der Waals surface area contributed by atoms with Crippen molar-refractivity contribution in [3.05, 3.63) is 29.6 Å². The SMILES string of the molecule is CCOC(=O)C1CCCN(C(=O)c2ncccc2C(=O)O)C1. The lowest BCUT2D eigenvalue weighted by Gasteiger charge is -2.31. The summed E-state index contributed by atoms with van der Waals surface area (Å²) in [7, 11) is 0. The van der Waals surface area contributed by atoms with E-state index in [-0.39, 0.29) is 29.7 Å². The predicted octanol–water partition coefficient (Wildman–Crippen LogP) is 1.20. The molecule has 0 aromatic carbocycles. The zero-order valence-corrected chi connectivity index (χ0v) is 12.3. The number of amides is 1. The van der Waals surface area contributed by atoms with Gasteiger partial charge in [0, 0.05) is 19.3 Å². The van der Waals surface area contributed by atoms with E-state index in [1.807, 2.05) is 0 Å². The van der Waals surface area contributed by atoms with E-state index >= 15 is 0 Å². The Hall–Kier alpha value is -2.44. The molecule has 0 aliphatic carbocycles. The highest BCUT2D eigenvalue weighted by Crippen LogP contribution is 2.20. The third kappa shape index (κ3) is 3.41. The molecule has 1 fully saturated rings. The molecule has 22 heavy (non-hydrogen) atoms. The van der Waals surface area contributed by atoms with Gasteiger partial charge in [-0.2, -0.15) is 0 Å². The zero-order chi connectivity index (χ0) is 16.1. The molecule has 1 aliphatic heterocycles. The van der Waals surface area contributed by atoms with Crippen molar-refractivity contribution < 1.29 is 24.2 Å². The number of pyridine rings is 1. The summed E-state index contributed by atoms with van der Waals surface area (Å²) in [5.41, 5.74) is -0.231. The first-order valence-corrected chi connectivity index (χ1v) is 7.18. The minimum absolute atomic E-state index is 0.0977. The third-order valence-electron chi connectivity index (χ3n) is 3.57. The highest BCUT2D eigenvalue weighted by atomic mass is 16.5. The number of ether oxygens (including phenoxy) is 1. The van der Waals surface area contributed by atoms with Crippen molar-refractivity contribution in [2.24, 2.45) is 5.92 Å². The second kappa shape index (κ2) is 7.02. The van der Waals surface area contributed by atoms with Crippen molar-refractivity contribution >= 4 is 17.8 Å². The number of aromatic carboxylic acids is 1. The Morgan fingerprint density at radius 1 is 1.45 bits per heavy atom. The number of carboxylic acids is 1. The van der Waals surface area contributed by atoms with Gasteiger partial charge < -0.3 is 14.7 Å². The fourth-order valence-electron chi connectivity index (χ4n) is 2.51. The van der Waals surface area contributed by atoms with Crippen LogP contribution < -0.4 is 0 Å². The largest absolute Gasteiger partial charge is 0.478 e. The van der Waals surface area contributed by atoms with Crippen LogP contribution in [-0.4, -0.2) is 52.5 Å². The van der Waals surface area contributed by atoms with Crippen LogP contribution in [0.25, 0.3) is 0 Å². The van der Waals surface area contributed by atoms with Crippen LogP contribution in [-0.2, 0) is 9.53 Å². The van der Waals surface area contributed by atoms with Gasteiger partial charge in [-0.15, -0.1) is 0 Å². The van der Waals surface area contributed by atoms with Crippen molar-refractivity contribution in [1.29, 1.82) is 0 Å². The molecular formula is C15H18N2O5. The number of esters is 1. The van der Waals surface area contributed by atoms with E-state index in [0.717, 1.165) is 0 Å². The van der Waals surface area contributed by atoms with Crippen LogP contribution in [0.2, 0.25) is 0 Å². The second-order valence-corrected chi connectivity index (χ2v) is 5.05. The number of likely N-dealkylation sites (tertiary alicyclic amines) is 1. The van der Waals surface area contributed by atoms with E-state index in [0.29, 0.717) is 26.0 Å². The smallest absolute Gasteiger partial charge is 0.338 e. The molecule has 1 saturated heterocycles. The molecule has 0 radical (unpaired) electrons. The van der Waals surface area contributed by atoms with Gasteiger partial charge in [-0.1, -0.05) is 0 Å². The minimum Gasteiger partial charge on any atom is -0.478 e.